The monoisotopic (exact) mass is 378 g/mol. The van der Waals surface area contributed by atoms with Crippen molar-refractivity contribution in [2.75, 3.05) is 0 Å². The molecule has 0 radical (unpaired) electrons. The maximum absolute atomic E-state index is 13.1. The molecule has 1 aliphatic carbocycles. The molecule has 0 aromatic heterocycles. The molecule has 2 aromatic rings. The Morgan fingerprint density at radius 1 is 1.11 bits per heavy atom. The lowest BCUT2D eigenvalue weighted by Crippen LogP contribution is -2.36. The fourth-order valence-corrected chi connectivity index (χ4v) is 4.54. The summed E-state index contributed by atoms with van der Waals surface area (Å²) in [6.45, 7) is 4.35. The van der Waals surface area contributed by atoms with Gasteiger partial charge in [0.15, 0.2) is 0 Å². The number of carbonyl (C=O) groups excluding carboxylic acids is 1. The van der Waals surface area contributed by atoms with Gasteiger partial charge < -0.3 is 9.47 Å². The minimum atomic E-state index is -0.351. The number of carbonyl (C=O) groups is 1. The van der Waals surface area contributed by atoms with Crippen LogP contribution in [0.5, 0.6) is 11.5 Å². The predicted molar refractivity (Wildman–Crippen MR) is 111 cm³/mol. The van der Waals surface area contributed by atoms with E-state index in [1.807, 2.05) is 36.4 Å². The Bertz CT molecular complexity index is 847. The van der Waals surface area contributed by atoms with Crippen molar-refractivity contribution in [3.05, 3.63) is 59.2 Å². The number of hydrogen-bond acceptors (Lipinski definition) is 3. The van der Waals surface area contributed by atoms with Gasteiger partial charge in [-0.15, -0.1) is 0 Å². The summed E-state index contributed by atoms with van der Waals surface area (Å²) in [7, 11) is 0. The van der Waals surface area contributed by atoms with Gasteiger partial charge in [-0.25, -0.2) is 4.79 Å². The van der Waals surface area contributed by atoms with E-state index in [4.69, 9.17) is 9.47 Å². The van der Waals surface area contributed by atoms with Gasteiger partial charge in [-0.3, -0.25) is 0 Å². The summed E-state index contributed by atoms with van der Waals surface area (Å²) < 4.78 is 12.1. The van der Waals surface area contributed by atoms with Gasteiger partial charge >= 0.3 is 5.97 Å². The Morgan fingerprint density at radius 3 is 2.64 bits per heavy atom. The molecule has 0 atom stereocenters. The summed E-state index contributed by atoms with van der Waals surface area (Å²) in [4.78, 5) is 13.1. The lowest BCUT2D eigenvalue weighted by atomic mass is 9.78. The van der Waals surface area contributed by atoms with E-state index < -0.39 is 0 Å². The Kier molecular flexibility index (Phi) is 5.43. The second-order valence-electron chi connectivity index (χ2n) is 8.59. The molecule has 2 aromatic carbocycles. The maximum Gasteiger partial charge on any atom is 0.339 e. The highest BCUT2D eigenvalue weighted by Crippen LogP contribution is 2.40. The average molecular weight is 379 g/mol. The van der Waals surface area contributed by atoms with E-state index in [0.717, 1.165) is 54.2 Å². The Morgan fingerprint density at radius 2 is 1.86 bits per heavy atom. The third kappa shape index (κ3) is 3.94. The fraction of sp³-hybridized carbons (Fsp3) is 0.480. The first-order valence-corrected chi connectivity index (χ1v) is 10.7. The molecule has 1 saturated carbocycles. The summed E-state index contributed by atoms with van der Waals surface area (Å²) >= 11 is 0. The first-order valence-electron chi connectivity index (χ1n) is 10.7. The number of fused-ring (bicyclic) bond motifs is 2. The van der Waals surface area contributed by atoms with Crippen molar-refractivity contribution in [1.29, 1.82) is 0 Å². The van der Waals surface area contributed by atoms with Gasteiger partial charge in [-0.2, -0.15) is 0 Å². The second-order valence-corrected chi connectivity index (χ2v) is 8.59. The van der Waals surface area contributed by atoms with Gasteiger partial charge in [0.2, 0.25) is 0 Å². The first-order chi connectivity index (χ1) is 13.6. The first kappa shape index (κ1) is 19.0. The van der Waals surface area contributed by atoms with Crippen LogP contribution in [0.1, 0.15) is 80.3 Å². The zero-order valence-corrected chi connectivity index (χ0v) is 17.0. The van der Waals surface area contributed by atoms with Crippen LogP contribution in [0.3, 0.4) is 0 Å². The molecule has 0 unspecified atom stereocenters. The standard InChI is InChI=1S/C25H30O3/c1-3-4-8-18-13-15-25(2,16-14-18)28-24(26)20-10-7-12-23-21(20)17-19-9-5-6-11-22(19)27-23/h5-7,9-12,18H,3-4,8,13-17H2,1-2H3. The Labute approximate surface area is 168 Å². The molecule has 0 amide bonds. The molecule has 0 saturated heterocycles. The molecule has 1 aliphatic heterocycles. The highest BCUT2D eigenvalue weighted by Gasteiger charge is 2.35. The minimum absolute atomic E-state index is 0.214. The number of benzene rings is 2. The third-order valence-electron chi connectivity index (χ3n) is 6.38. The second kappa shape index (κ2) is 7.98. The van der Waals surface area contributed by atoms with Crippen LogP contribution in [0.15, 0.2) is 42.5 Å². The molecule has 148 valence electrons. The normalized spacial score (nSPS) is 23.3. The average Bonchev–Trinajstić information content (AvgIpc) is 2.71. The van der Waals surface area contributed by atoms with E-state index in [1.165, 1.54) is 19.3 Å². The summed E-state index contributed by atoms with van der Waals surface area (Å²) in [6.07, 6.45) is 8.81. The van der Waals surface area contributed by atoms with Crippen molar-refractivity contribution in [3.8, 4) is 11.5 Å². The van der Waals surface area contributed by atoms with Crippen molar-refractivity contribution >= 4 is 5.97 Å². The molecule has 0 spiro atoms. The van der Waals surface area contributed by atoms with Crippen LogP contribution >= 0.6 is 0 Å². The number of esters is 1. The van der Waals surface area contributed by atoms with E-state index in [0.29, 0.717) is 12.0 Å². The highest BCUT2D eigenvalue weighted by atomic mass is 16.6. The van der Waals surface area contributed by atoms with Gasteiger partial charge in [-0.05, 0) is 62.3 Å². The summed E-state index contributed by atoms with van der Waals surface area (Å²) in [6, 6.07) is 13.7. The van der Waals surface area contributed by atoms with Crippen molar-refractivity contribution in [3.63, 3.8) is 0 Å². The third-order valence-corrected chi connectivity index (χ3v) is 6.38. The number of rotatable bonds is 5. The van der Waals surface area contributed by atoms with E-state index in [9.17, 15) is 4.79 Å². The number of hydrogen-bond donors (Lipinski definition) is 0. The molecular weight excluding hydrogens is 348 g/mol. The summed E-state index contributed by atoms with van der Waals surface area (Å²) in [5, 5.41) is 0. The summed E-state index contributed by atoms with van der Waals surface area (Å²) in [5.41, 5.74) is 2.33. The van der Waals surface area contributed by atoms with Crippen LogP contribution < -0.4 is 4.74 Å². The van der Waals surface area contributed by atoms with Gasteiger partial charge in [0.25, 0.3) is 0 Å². The van der Waals surface area contributed by atoms with Crippen molar-refractivity contribution < 1.29 is 14.3 Å². The molecule has 0 N–H and O–H groups in total. The van der Waals surface area contributed by atoms with Crippen LogP contribution in [0.25, 0.3) is 0 Å². The largest absolute Gasteiger partial charge is 0.457 e. The number of unbranched alkanes of at least 4 members (excludes halogenated alkanes) is 1. The van der Waals surface area contributed by atoms with Gasteiger partial charge in [0, 0.05) is 12.0 Å². The van der Waals surface area contributed by atoms with Crippen LogP contribution in [0, 0.1) is 5.92 Å². The van der Waals surface area contributed by atoms with Gasteiger partial charge in [-0.1, -0.05) is 50.5 Å². The molecule has 1 fully saturated rings. The summed E-state index contributed by atoms with van der Waals surface area (Å²) in [5.74, 6) is 2.22. The molecule has 3 nitrogen and oxygen atoms in total. The molecular formula is C25H30O3. The van der Waals surface area contributed by atoms with Crippen molar-refractivity contribution in [1.82, 2.24) is 0 Å². The molecule has 0 bridgehead atoms. The van der Waals surface area contributed by atoms with E-state index >= 15 is 0 Å². The molecule has 1 heterocycles. The van der Waals surface area contributed by atoms with E-state index in [2.05, 4.69) is 19.9 Å². The Hall–Kier alpha value is -2.29. The number of ether oxygens (including phenoxy) is 2. The van der Waals surface area contributed by atoms with Crippen molar-refractivity contribution in [2.24, 2.45) is 5.92 Å². The Balaban J connectivity index is 1.47. The lowest BCUT2D eigenvalue weighted by Gasteiger charge is -2.37. The lowest BCUT2D eigenvalue weighted by molar-refractivity contribution is -0.0348. The quantitative estimate of drug-likeness (QED) is 0.465. The van der Waals surface area contributed by atoms with Gasteiger partial charge in [0.05, 0.1) is 5.56 Å². The van der Waals surface area contributed by atoms with Crippen LogP contribution in [0.4, 0.5) is 0 Å². The SMILES string of the molecule is CCCCC1CCC(C)(OC(=O)c2cccc3c2Cc2ccccc2O3)CC1. The van der Waals surface area contributed by atoms with Crippen LogP contribution in [-0.2, 0) is 11.2 Å². The van der Waals surface area contributed by atoms with Gasteiger partial charge in [0.1, 0.15) is 17.1 Å². The molecule has 4 rings (SSSR count). The zero-order chi connectivity index (χ0) is 19.6. The number of para-hydroxylation sites is 1. The van der Waals surface area contributed by atoms with Crippen molar-refractivity contribution in [2.45, 2.75) is 70.8 Å². The predicted octanol–water partition coefficient (Wildman–Crippen LogP) is 6.68. The maximum atomic E-state index is 13.1. The molecule has 2 aliphatic rings. The van der Waals surface area contributed by atoms with Crippen LogP contribution in [0.2, 0.25) is 0 Å². The topological polar surface area (TPSA) is 35.5 Å². The van der Waals surface area contributed by atoms with Crippen LogP contribution in [-0.4, -0.2) is 11.6 Å². The molecule has 28 heavy (non-hydrogen) atoms. The minimum Gasteiger partial charge on any atom is -0.457 e. The fourth-order valence-electron chi connectivity index (χ4n) is 4.54. The highest BCUT2D eigenvalue weighted by molar-refractivity contribution is 5.92. The van der Waals surface area contributed by atoms with E-state index in [-0.39, 0.29) is 11.6 Å². The zero-order valence-electron chi connectivity index (χ0n) is 17.0. The molecule has 3 heteroatoms. The smallest absolute Gasteiger partial charge is 0.339 e. The van der Waals surface area contributed by atoms with E-state index in [1.54, 1.807) is 0 Å².